The van der Waals surface area contributed by atoms with E-state index in [9.17, 15) is 4.79 Å². The Labute approximate surface area is 196 Å². The number of carbonyl (C=O) groups is 1. The fourth-order valence-corrected chi connectivity index (χ4v) is 6.56. The van der Waals surface area contributed by atoms with Crippen LogP contribution in [0.15, 0.2) is 48.5 Å². The summed E-state index contributed by atoms with van der Waals surface area (Å²) in [6.45, 7) is 4.36. The molecule has 2 aliphatic rings. The highest BCUT2D eigenvalue weighted by Gasteiger charge is 2.31. The van der Waals surface area contributed by atoms with Crippen LogP contribution >= 0.6 is 0 Å². The second kappa shape index (κ2) is 11.3. The third kappa shape index (κ3) is 6.12. The van der Waals surface area contributed by atoms with E-state index in [-0.39, 0.29) is 0 Å². The summed E-state index contributed by atoms with van der Waals surface area (Å²) < 4.78 is 0. The number of hydrogen-bond donors (Lipinski definition) is 0. The van der Waals surface area contributed by atoms with Crippen LogP contribution in [0.2, 0.25) is 0 Å². The third-order valence-corrected chi connectivity index (χ3v) is 8.27. The molecule has 0 spiro atoms. The van der Waals surface area contributed by atoms with Crippen LogP contribution in [0, 0.1) is 25.7 Å². The van der Waals surface area contributed by atoms with Gasteiger partial charge in [0.2, 0.25) is 0 Å². The lowest BCUT2D eigenvalue weighted by Crippen LogP contribution is -2.23. The third-order valence-electron chi connectivity index (χ3n) is 8.27. The van der Waals surface area contributed by atoms with Crippen LogP contribution in [0.1, 0.15) is 111 Å². The van der Waals surface area contributed by atoms with Crippen molar-refractivity contribution in [3.63, 3.8) is 0 Å². The molecule has 4 rings (SSSR count). The zero-order valence-electron chi connectivity index (χ0n) is 20.3. The zero-order chi connectivity index (χ0) is 22.3. The average molecular weight is 431 g/mol. The molecule has 2 aliphatic carbocycles. The quantitative estimate of drug-likeness (QED) is 0.409. The summed E-state index contributed by atoms with van der Waals surface area (Å²) in [5.74, 6) is 2.61. The molecule has 172 valence electrons. The van der Waals surface area contributed by atoms with E-state index in [2.05, 4.69) is 62.4 Å². The molecule has 0 radical (unpaired) electrons. The molecule has 0 amide bonds. The van der Waals surface area contributed by atoms with E-state index < -0.39 is 0 Å². The first-order valence-electron chi connectivity index (χ1n) is 13.2. The van der Waals surface area contributed by atoms with Gasteiger partial charge in [0.15, 0.2) is 0 Å². The molecule has 2 aromatic rings. The lowest BCUT2D eigenvalue weighted by Gasteiger charge is -2.33. The minimum atomic E-state index is 0.396. The molecular formula is C31H42O. The first-order valence-corrected chi connectivity index (χ1v) is 13.2. The first-order chi connectivity index (χ1) is 15.6. The maximum atomic E-state index is 13.7. The number of hydrogen-bond acceptors (Lipinski definition) is 1. The Morgan fingerprint density at radius 2 is 1.09 bits per heavy atom. The number of aryl methyl sites for hydroxylation is 2. The predicted molar refractivity (Wildman–Crippen MR) is 135 cm³/mol. The van der Waals surface area contributed by atoms with Crippen LogP contribution in [0.4, 0.5) is 0 Å². The van der Waals surface area contributed by atoms with Crippen LogP contribution in [-0.2, 0) is 4.79 Å². The summed E-state index contributed by atoms with van der Waals surface area (Å²) in [7, 11) is 0. The topological polar surface area (TPSA) is 17.1 Å². The molecule has 2 fully saturated rings. The molecule has 0 saturated heterocycles. The highest BCUT2D eigenvalue weighted by atomic mass is 16.1. The summed E-state index contributed by atoms with van der Waals surface area (Å²) in [5.41, 5.74) is 5.43. The maximum Gasteiger partial charge on any atom is 0.134 e. The van der Waals surface area contributed by atoms with Gasteiger partial charge in [-0.2, -0.15) is 0 Å². The van der Waals surface area contributed by atoms with Gasteiger partial charge in [-0.25, -0.2) is 0 Å². The van der Waals surface area contributed by atoms with Crippen molar-refractivity contribution in [2.75, 3.05) is 0 Å². The van der Waals surface area contributed by atoms with Crippen LogP contribution in [0.5, 0.6) is 0 Å². The average Bonchev–Trinajstić information content (AvgIpc) is 2.82. The summed E-state index contributed by atoms with van der Waals surface area (Å²) in [4.78, 5) is 13.7. The summed E-state index contributed by atoms with van der Waals surface area (Å²) in [6, 6.07) is 18.0. The van der Waals surface area contributed by atoms with Crippen molar-refractivity contribution in [1.29, 1.82) is 0 Å². The molecular weight excluding hydrogens is 388 g/mol. The molecule has 0 aromatic heterocycles. The van der Waals surface area contributed by atoms with Crippen molar-refractivity contribution in [2.45, 2.75) is 103 Å². The normalized spacial score (nSPS) is 20.1. The molecule has 0 aliphatic heterocycles. The van der Waals surface area contributed by atoms with Gasteiger partial charge in [-0.3, -0.25) is 4.79 Å². The van der Waals surface area contributed by atoms with E-state index in [4.69, 9.17) is 0 Å². The monoisotopic (exact) mass is 430 g/mol. The van der Waals surface area contributed by atoms with Crippen LogP contribution in [0.25, 0.3) is 0 Å². The summed E-state index contributed by atoms with van der Waals surface area (Å²) in [6.07, 6.45) is 14.6. The number of carbonyl (C=O) groups excluding carboxylic acids is 1. The van der Waals surface area contributed by atoms with Crippen molar-refractivity contribution in [3.8, 4) is 0 Å². The van der Waals surface area contributed by atoms with Crippen molar-refractivity contribution in [1.82, 2.24) is 0 Å². The molecule has 2 saturated carbocycles. The molecule has 2 aromatic carbocycles. The largest absolute Gasteiger partial charge is 0.300 e. The van der Waals surface area contributed by atoms with Crippen molar-refractivity contribution in [2.24, 2.45) is 11.8 Å². The molecule has 1 nitrogen and oxygen atoms in total. The number of rotatable bonds is 8. The van der Waals surface area contributed by atoms with Crippen LogP contribution < -0.4 is 0 Å². The van der Waals surface area contributed by atoms with E-state index in [1.54, 1.807) is 0 Å². The number of ketones is 1. The highest BCUT2D eigenvalue weighted by Crippen LogP contribution is 2.42. The van der Waals surface area contributed by atoms with Crippen molar-refractivity contribution in [3.05, 3.63) is 70.8 Å². The fraction of sp³-hybridized carbons (Fsp3) is 0.581. The van der Waals surface area contributed by atoms with Gasteiger partial charge in [0.1, 0.15) is 5.78 Å². The van der Waals surface area contributed by atoms with Crippen LogP contribution in [-0.4, -0.2) is 5.78 Å². The molecule has 2 atom stereocenters. The molecule has 32 heavy (non-hydrogen) atoms. The second-order valence-corrected chi connectivity index (χ2v) is 10.8. The Bertz CT molecular complexity index is 798. The van der Waals surface area contributed by atoms with Crippen LogP contribution in [0.3, 0.4) is 0 Å². The zero-order valence-corrected chi connectivity index (χ0v) is 20.3. The molecule has 0 heterocycles. The van der Waals surface area contributed by atoms with E-state index in [0.29, 0.717) is 29.5 Å². The maximum absolute atomic E-state index is 13.7. The summed E-state index contributed by atoms with van der Waals surface area (Å²) in [5, 5.41) is 0. The van der Waals surface area contributed by atoms with E-state index in [1.807, 2.05) is 0 Å². The standard InChI is InChI=1S/C31H42O/c1-23-11-9-17-27(19-23)30(25-13-5-3-6-14-25)21-29(32)22-31(26-15-7-4-8-16-26)28-18-10-12-24(2)20-28/h9-12,17-20,25-26,30-31H,3-8,13-16,21-22H2,1-2H3/t30-,31+. The molecule has 0 bridgehead atoms. The number of benzene rings is 2. The SMILES string of the molecule is Cc1cccc([C@@H](CC(=O)C[C@@H](c2cccc(C)c2)C2CCCCC2)C2CCCCC2)c1. The van der Waals surface area contributed by atoms with E-state index >= 15 is 0 Å². The minimum absolute atomic E-state index is 0.396. The summed E-state index contributed by atoms with van der Waals surface area (Å²) >= 11 is 0. The number of Topliss-reactive ketones (excluding diaryl/α,β-unsaturated/α-hetero) is 1. The van der Waals surface area contributed by atoms with Crippen molar-refractivity contribution < 1.29 is 4.79 Å². The lowest BCUT2D eigenvalue weighted by molar-refractivity contribution is -0.120. The lowest BCUT2D eigenvalue weighted by atomic mass is 9.71. The van der Waals surface area contributed by atoms with E-state index in [0.717, 1.165) is 12.8 Å². The fourth-order valence-electron chi connectivity index (χ4n) is 6.56. The van der Waals surface area contributed by atoms with Gasteiger partial charge in [0.05, 0.1) is 0 Å². The molecule has 1 heteroatoms. The van der Waals surface area contributed by atoms with Crippen molar-refractivity contribution >= 4 is 5.78 Å². The predicted octanol–water partition coefficient (Wildman–Crippen LogP) is 8.68. The van der Waals surface area contributed by atoms with Gasteiger partial charge >= 0.3 is 0 Å². The molecule has 0 N–H and O–H groups in total. The second-order valence-electron chi connectivity index (χ2n) is 10.8. The Morgan fingerprint density at radius 1 is 0.688 bits per heavy atom. The Balaban J connectivity index is 1.54. The van der Waals surface area contributed by atoms with Gasteiger partial charge in [0.25, 0.3) is 0 Å². The minimum Gasteiger partial charge on any atom is -0.300 e. The van der Waals surface area contributed by atoms with Gasteiger partial charge in [-0.1, -0.05) is 98.2 Å². The Morgan fingerprint density at radius 3 is 1.47 bits per heavy atom. The van der Waals surface area contributed by atoms with Gasteiger partial charge in [-0.15, -0.1) is 0 Å². The van der Waals surface area contributed by atoms with E-state index in [1.165, 1.54) is 86.5 Å². The first kappa shape index (κ1) is 23.3. The van der Waals surface area contributed by atoms with Gasteiger partial charge < -0.3 is 0 Å². The Hall–Kier alpha value is -1.89. The van der Waals surface area contributed by atoms with Gasteiger partial charge in [0, 0.05) is 12.8 Å². The highest BCUT2D eigenvalue weighted by molar-refractivity contribution is 5.80. The smallest absolute Gasteiger partial charge is 0.134 e. The Kier molecular flexibility index (Phi) is 8.22. The molecule has 0 unspecified atom stereocenters. The van der Waals surface area contributed by atoms with Gasteiger partial charge in [-0.05, 0) is 74.3 Å².